The van der Waals surface area contributed by atoms with Crippen molar-refractivity contribution in [1.29, 1.82) is 0 Å². The summed E-state index contributed by atoms with van der Waals surface area (Å²) >= 11 is 0. The third-order valence-electron chi connectivity index (χ3n) is 1.34. The Bertz CT molecular complexity index is 318. The molecule has 1 atom stereocenters. The van der Waals surface area contributed by atoms with E-state index < -0.39 is 11.7 Å². The summed E-state index contributed by atoms with van der Waals surface area (Å²) in [5.41, 5.74) is 5.47. The van der Waals surface area contributed by atoms with Gasteiger partial charge in [-0.3, -0.25) is 0 Å². The molecule has 0 spiro atoms. The lowest BCUT2D eigenvalue weighted by Crippen LogP contribution is -2.15. The fourth-order valence-electron chi connectivity index (χ4n) is 0.760. The topological polar surface area (TPSA) is 72.0 Å². The van der Waals surface area contributed by atoms with Crippen molar-refractivity contribution in [3.63, 3.8) is 0 Å². The second-order valence-corrected chi connectivity index (χ2v) is 2.12. The third kappa shape index (κ3) is 1.51. The van der Waals surface area contributed by atoms with Crippen LogP contribution in [0.3, 0.4) is 0 Å². The molecule has 4 heteroatoms. The van der Waals surface area contributed by atoms with Crippen LogP contribution in [0.25, 0.3) is 0 Å². The van der Waals surface area contributed by atoms with Gasteiger partial charge in [-0.2, -0.15) is 0 Å². The first-order chi connectivity index (χ1) is 5.25. The van der Waals surface area contributed by atoms with Crippen LogP contribution in [0.1, 0.15) is 18.0 Å². The van der Waals surface area contributed by atoms with Gasteiger partial charge in [0, 0.05) is 18.7 Å². The van der Waals surface area contributed by atoms with Gasteiger partial charge in [-0.1, -0.05) is 0 Å². The van der Waals surface area contributed by atoms with E-state index in [1.54, 1.807) is 0 Å². The minimum Gasteiger partial charge on any atom is -0.339 e. The summed E-state index contributed by atoms with van der Waals surface area (Å²) in [6.45, 7) is 0. The van der Waals surface area contributed by atoms with Crippen LogP contribution in [-0.2, 0) is 0 Å². The fourth-order valence-corrected chi connectivity index (χ4v) is 0.760. The van der Waals surface area contributed by atoms with Crippen LogP contribution in [0.5, 0.6) is 0 Å². The predicted octanol–water partition coefficient (Wildman–Crippen LogP) is -0.00900. The van der Waals surface area contributed by atoms with Crippen molar-refractivity contribution in [3.05, 3.63) is 22.2 Å². The van der Waals surface area contributed by atoms with Crippen LogP contribution in [0, 0.1) is 12.3 Å². The summed E-state index contributed by atoms with van der Waals surface area (Å²) in [6, 6.07) is -0.428. The molecule has 0 saturated heterocycles. The van der Waals surface area contributed by atoms with Crippen molar-refractivity contribution in [2.45, 2.75) is 12.5 Å². The van der Waals surface area contributed by atoms with Gasteiger partial charge in [0.2, 0.25) is 0 Å². The first-order valence-corrected chi connectivity index (χ1v) is 3.11. The smallest absolute Gasteiger partial charge is 0.339 e. The molecule has 0 aliphatic carbocycles. The molecule has 11 heavy (non-hydrogen) atoms. The molecule has 0 saturated carbocycles. The standard InChI is InChI=1S/C7H8N2O2/c1-2-3-6(8)5-4-9-11-7(5)10/h1,4,6,9H,3,8H2. The molecule has 58 valence electrons. The van der Waals surface area contributed by atoms with Gasteiger partial charge in [0.1, 0.15) is 0 Å². The fraction of sp³-hybridized carbons (Fsp3) is 0.286. The molecule has 1 aromatic heterocycles. The molecule has 0 aromatic carbocycles. The average molecular weight is 152 g/mol. The van der Waals surface area contributed by atoms with E-state index in [2.05, 4.69) is 15.6 Å². The molecular formula is C7H8N2O2. The monoisotopic (exact) mass is 152 g/mol. The van der Waals surface area contributed by atoms with E-state index in [-0.39, 0.29) is 0 Å². The van der Waals surface area contributed by atoms with Crippen LogP contribution >= 0.6 is 0 Å². The molecule has 1 rings (SSSR count). The minimum absolute atomic E-state index is 0.336. The largest absolute Gasteiger partial charge is 0.361 e. The Kier molecular flexibility index (Phi) is 2.14. The Morgan fingerprint density at radius 1 is 1.91 bits per heavy atom. The molecule has 0 amide bonds. The molecule has 0 fully saturated rings. The molecular weight excluding hydrogens is 144 g/mol. The first kappa shape index (κ1) is 7.63. The zero-order valence-electron chi connectivity index (χ0n) is 5.83. The lowest BCUT2D eigenvalue weighted by Gasteiger charge is -1.99. The van der Waals surface area contributed by atoms with Crippen molar-refractivity contribution in [2.24, 2.45) is 5.73 Å². The quantitative estimate of drug-likeness (QED) is 0.585. The van der Waals surface area contributed by atoms with Gasteiger partial charge in [-0.25, -0.2) is 9.95 Å². The van der Waals surface area contributed by atoms with E-state index in [1.807, 2.05) is 0 Å². The summed E-state index contributed by atoms with van der Waals surface area (Å²) < 4.78 is 4.40. The summed E-state index contributed by atoms with van der Waals surface area (Å²) in [5.74, 6) is 2.36. The summed E-state index contributed by atoms with van der Waals surface area (Å²) in [4.78, 5) is 10.8. The van der Waals surface area contributed by atoms with Gasteiger partial charge in [0.25, 0.3) is 0 Å². The van der Waals surface area contributed by atoms with Gasteiger partial charge in [0.05, 0.1) is 5.56 Å². The number of hydrogen-bond acceptors (Lipinski definition) is 3. The van der Waals surface area contributed by atoms with E-state index in [0.717, 1.165) is 0 Å². The second-order valence-electron chi connectivity index (χ2n) is 2.12. The van der Waals surface area contributed by atoms with E-state index in [4.69, 9.17) is 12.2 Å². The SMILES string of the molecule is C#CCC(N)c1c[nH]oc1=O. The Hall–Kier alpha value is -1.47. The zero-order valence-corrected chi connectivity index (χ0v) is 5.83. The van der Waals surface area contributed by atoms with Crippen LogP contribution in [0.15, 0.2) is 15.5 Å². The summed E-state index contributed by atoms with van der Waals surface area (Å²) in [5, 5.41) is 2.30. The maximum atomic E-state index is 10.8. The second kappa shape index (κ2) is 3.08. The maximum Gasteiger partial charge on any atom is 0.361 e. The molecule has 1 heterocycles. The van der Waals surface area contributed by atoms with Crippen LogP contribution in [-0.4, -0.2) is 5.16 Å². The normalized spacial score (nSPS) is 12.4. The van der Waals surface area contributed by atoms with Crippen molar-refractivity contribution in [3.8, 4) is 12.3 Å². The number of terminal acetylenes is 1. The number of rotatable bonds is 2. The number of H-pyrrole nitrogens is 1. The van der Waals surface area contributed by atoms with Gasteiger partial charge >= 0.3 is 5.63 Å². The average Bonchev–Trinajstić information content (AvgIpc) is 2.36. The van der Waals surface area contributed by atoms with Crippen LogP contribution < -0.4 is 11.4 Å². The minimum atomic E-state index is -0.451. The number of aromatic amines is 1. The van der Waals surface area contributed by atoms with E-state index in [0.29, 0.717) is 12.0 Å². The van der Waals surface area contributed by atoms with Crippen LogP contribution in [0.4, 0.5) is 0 Å². The number of aromatic nitrogens is 1. The maximum absolute atomic E-state index is 10.8. The molecule has 4 nitrogen and oxygen atoms in total. The van der Waals surface area contributed by atoms with Crippen molar-refractivity contribution < 1.29 is 4.52 Å². The highest BCUT2D eigenvalue weighted by molar-refractivity contribution is 5.10. The van der Waals surface area contributed by atoms with Gasteiger partial charge in [-0.05, 0) is 0 Å². The van der Waals surface area contributed by atoms with Gasteiger partial charge in [0.15, 0.2) is 0 Å². The van der Waals surface area contributed by atoms with E-state index in [1.165, 1.54) is 6.20 Å². The Labute approximate surface area is 63.4 Å². The number of hydrogen-bond donors (Lipinski definition) is 2. The first-order valence-electron chi connectivity index (χ1n) is 3.11. The lowest BCUT2D eigenvalue weighted by atomic mass is 10.1. The predicted molar refractivity (Wildman–Crippen MR) is 39.7 cm³/mol. The Morgan fingerprint density at radius 3 is 3.09 bits per heavy atom. The molecule has 0 aliphatic rings. The van der Waals surface area contributed by atoms with Crippen molar-refractivity contribution in [2.75, 3.05) is 0 Å². The highest BCUT2D eigenvalue weighted by Crippen LogP contribution is 2.06. The van der Waals surface area contributed by atoms with E-state index in [9.17, 15) is 4.79 Å². The van der Waals surface area contributed by atoms with E-state index >= 15 is 0 Å². The highest BCUT2D eigenvalue weighted by Gasteiger charge is 2.10. The molecule has 0 radical (unpaired) electrons. The van der Waals surface area contributed by atoms with Crippen molar-refractivity contribution in [1.82, 2.24) is 5.16 Å². The third-order valence-corrected chi connectivity index (χ3v) is 1.34. The highest BCUT2D eigenvalue weighted by atomic mass is 16.5. The molecule has 3 N–H and O–H groups in total. The molecule has 1 unspecified atom stereocenters. The Morgan fingerprint density at radius 2 is 2.64 bits per heavy atom. The molecule has 0 bridgehead atoms. The molecule has 1 aromatic rings. The van der Waals surface area contributed by atoms with Gasteiger partial charge < -0.3 is 10.3 Å². The van der Waals surface area contributed by atoms with Crippen LogP contribution in [0.2, 0.25) is 0 Å². The number of nitrogens with one attached hydrogen (secondary N) is 1. The Balaban J connectivity index is 2.86. The summed E-state index contributed by atoms with van der Waals surface area (Å²) in [6.07, 6.45) is 6.77. The lowest BCUT2D eigenvalue weighted by molar-refractivity contribution is 0.389. The summed E-state index contributed by atoms with van der Waals surface area (Å²) in [7, 11) is 0. The number of nitrogens with two attached hydrogens (primary N) is 1. The van der Waals surface area contributed by atoms with Gasteiger partial charge in [-0.15, -0.1) is 12.3 Å². The van der Waals surface area contributed by atoms with Crippen molar-refractivity contribution >= 4 is 0 Å². The molecule has 0 aliphatic heterocycles. The zero-order chi connectivity index (χ0) is 8.27.